The maximum Gasteiger partial charge on any atom is 0.232 e. The number of benzene rings is 1. The number of thiazole rings is 1. The number of rotatable bonds is 5. The monoisotopic (exact) mass is 413 g/mol. The molecule has 0 radical (unpaired) electrons. The van der Waals surface area contributed by atoms with Gasteiger partial charge in [0, 0.05) is 23.2 Å². The Kier molecular flexibility index (Phi) is 4.86. The van der Waals surface area contributed by atoms with E-state index in [1.54, 1.807) is 12.4 Å². The van der Waals surface area contributed by atoms with Gasteiger partial charge in [0.2, 0.25) is 15.2 Å². The van der Waals surface area contributed by atoms with Gasteiger partial charge in [-0.2, -0.15) is 5.10 Å². The van der Waals surface area contributed by atoms with Gasteiger partial charge in [0.25, 0.3) is 0 Å². The van der Waals surface area contributed by atoms with Crippen molar-refractivity contribution in [1.29, 1.82) is 0 Å². The van der Waals surface area contributed by atoms with Crippen LogP contribution in [0, 0.1) is 0 Å². The molecule has 1 aromatic carbocycles. The smallest absolute Gasteiger partial charge is 0.232 e. The molecule has 0 amide bonds. The third-order valence-corrected chi connectivity index (χ3v) is 6.45. The molecule has 2 aromatic heterocycles. The Morgan fingerprint density at radius 1 is 1.32 bits per heavy atom. The fourth-order valence-electron chi connectivity index (χ4n) is 3.33. The van der Waals surface area contributed by atoms with E-state index in [0.717, 1.165) is 28.2 Å². The van der Waals surface area contributed by atoms with Gasteiger partial charge in [-0.05, 0) is 43.2 Å². The summed E-state index contributed by atoms with van der Waals surface area (Å²) < 4.78 is 25.6. The fourth-order valence-corrected chi connectivity index (χ4v) is 5.26. The second-order valence-electron chi connectivity index (χ2n) is 6.62. The number of nitrogens with one attached hydrogen (secondary N) is 1. The molecule has 1 aliphatic rings. The van der Waals surface area contributed by atoms with Crippen LogP contribution in [0.4, 0.5) is 10.8 Å². The standard InChI is InChI=1S/C19H19N5O2S2/c1-13-9-15-10-14(6-7-18(15)24(13)28(2,25)26)17-12-27-19(22-17)23-21-11-16-5-3-4-8-20-16/h3-8,10-13H,9H2,1-2H3,(H,22,23)/t13-/m0/s1. The molecule has 1 N–H and O–H groups in total. The van der Waals surface area contributed by atoms with Crippen molar-refractivity contribution < 1.29 is 8.42 Å². The minimum Gasteiger partial charge on any atom is -0.267 e. The number of fused-ring (bicyclic) bond motifs is 1. The molecule has 3 heterocycles. The van der Waals surface area contributed by atoms with Crippen LogP contribution in [0.2, 0.25) is 0 Å². The summed E-state index contributed by atoms with van der Waals surface area (Å²) in [6, 6.07) is 11.3. The molecule has 0 spiro atoms. The topological polar surface area (TPSA) is 87.6 Å². The predicted molar refractivity (Wildman–Crippen MR) is 113 cm³/mol. The minimum atomic E-state index is -3.28. The number of anilines is 2. The molecular formula is C19H19N5O2S2. The Balaban J connectivity index is 1.52. The molecule has 3 aromatic rings. The van der Waals surface area contributed by atoms with Crippen molar-refractivity contribution in [3.8, 4) is 11.3 Å². The van der Waals surface area contributed by atoms with E-state index < -0.39 is 10.0 Å². The number of pyridine rings is 1. The SMILES string of the molecule is C[C@H]1Cc2cc(-c3csc(NN=Cc4ccccn4)n3)ccc2N1S(C)(=O)=O. The summed E-state index contributed by atoms with van der Waals surface area (Å²) in [5.41, 5.74) is 7.24. The van der Waals surface area contributed by atoms with Crippen LogP contribution in [0.1, 0.15) is 18.2 Å². The second kappa shape index (κ2) is 7.33. The number of hydrazone groups is 1. The van der Waals surface area contributed by atoms with Crippen LogP contribution in [0.5, 0.6) is 0 Å². The van der Waals surface area contributed by atoms with Gasteiger partial charge in [0.15, 0.2) is 0 Å². The van der Waals surface area contributed by atoms with Crippen molar-refractivity contribution in [3.05, 3.63) is 59.2 Å². The van der Waals surface area contributed by atoms with Crippen molar-refractivity contribution in [2.45, 2.75) is 19.4 Å². The van der Waals surface area contributed by atoms with Crippen molar-refractivity contribution in [2.75, 3.05) is 16.0 Å². The maximum atomic E-state index is 12.1. The van der Waals surface area contributed by atoms with E-state index in [-0.39, 0.29) is 6.04 Å². The second-order valence-corrected chi connectivity index (χ2v) is 9.34. The van der Waals surface area contributed by atoms with Crippen molar-refractivity contribution in [3.63, 3.8) is 0 Å². The van der Waals surface area contributed by atoms with Crippen molar-refractivity contribution in [2.24, 2.45) is 5.10 Å². The summed E-state index contributed by atoms with van der Waals surface area (Å²) >= 11 is 1.46. The Morgan fingerprint density at radius 2 is 2.18 bits per heavy atom. The first-order valence-corrected chi connectivity index (χ1v) is 11.4. The number of nitrogens with zero attached hydrogens (tertiary/aromatic N) is 4. The van der Waals surface area contributed by atoms with E-state index in [0.29, 0.717) is 11.6 Å². The molecule has 0 fully saturated rings. The molecule has 4 rings (SSSR count). The highest BCUT2D eigenvalue weighted by Gasteiger charge is 2.32. The molecule has 0 aliphatic carbocycles. The Morgan fingerprint density at radius 3 is 2.93 bits per heavy atom. The quantitative estimate of drug-likeness (QED) is 0.512. The lowest BCUT2D eigenvalue weighted by Gasteiger charge is -2.21. The van der Waals surface area contributed by atoms with Gasteiger partial charge >= 0.3 is 0 Å². The largest absolute Gasteiger partial charge is 0.267 e. The van der Waals surface area contributed by atoms with Gasteiger partial charge in [0.05, 0.1) is 29.5 Å². The van der Waals surface area contributed by atoms with Crippen LogP contribution < -0.4 is 9.73 Å². The zero-order valence-corrected chi connectivity index (χ0v) is 17.0. The minimum absolute atomic E-state index is 0.0751. The zero-order valence-electron chi connectivity index (χ0n) is 15.4. The van der Waals surface area contributed by atoms with Crippen molar-refractivity contribution >= 4 is 38.4 Å². The van der Waals surface area contributed by atoms with Gasteiger partial charge in [-0.3, -0.25) is 14.7 Å². The molecule has 1 atom stereocenters. The number of hydrogen-bond donors (Lipinski definition) is 1. The highest BCUT2D eigenvalue weighted by Crippen LogP contribution is 2.37. The molecule has 0 saturated heterocycles. The molecule has 7 nitrogen and oxygen atoms in total. The van der Waals surface area contributed by atoms with Crippen LogP contribution >= 0.6 is 11.3 Å². The Hall–Kier alpha value is -2.78. The average Bonchev–Trinajstić information content (AvgIpc) is 3.25. The molecule has 9 heteroatoms. The summed E-state index contributed by atoms with van der Waals surface area (Å²) in [7, 11) is -3.28. The van der Waals surface area contributed by atoms with Crippen LogP contribution in [0.15, 0.2) is 53.1 Å². The lowest BCUT2D eigenvalue weighted by Crippen LogP contribution is -2.34. The maximum absolute atomic E-state index is 12.1. The first-order valence-electron chi connectivity index (χ1n) is 8.70. The lowest BCUT2D eigenvalue weighted by molar-refractivity contribution is 0.590. The normalized spacial score (nSPS) is 16.5. The molecular weight excluding hydrogens is 394 g/mol. The van der Waals surface area contributed by atoms with E-state index in [4.69, 9.17) is 0 Å². The zero-order chi connectivity index (χ0) is 19.7. The molecule has 0 saturated carbocycles. The van der Waals surface area contributed by atoms with Crippen molar-refractivity contribution in [1.82, 2.24) is 9.97 Å². The fraction of sp³-hybridized carbons (Fsp3) is 0.211. The van der Waals surface area contributed by atoms with Crippen LogP contribution in [0.3, 0.4) is 0 Å². The summed E-state index contributed by atoms with van der Waals surface area (Å²) in [6.07, 6.45) is 5.29. The summed E-state index contributed by atoms with van der Waals surface area (Å²) in [4.78, 5) is 8.74. The van der Waals surface area contributed by atoms with Gasteiger partial charge in [-0.25, -0.2) is 13.4 Å². The average molecular weight is 414 g/mol. The van der Waals surface area contributed by atoms with Gasteiger partial charge < -0.3 is 0 Å². The Labute approximate surface area is 167 Å². The van der Waals surface area contributed by atoms with Gasteiger partial charge in [0.1, 0.15) is 0 Å². The molecule has 28 heavy (non-hydrogen) atoms. The van der Waals surface area contributed by atoms with Crippen LogP contribution in [-0.2, 0) is 16.4 Å². The molecule has 0 bridgehead atoms. The first-order chi connectivity index (χ1) is 13.4. The summed E-state index contributed by atoms with van der Waals surface area (Å²) in [6.45, 7) is 1.92. The summed E-state index contributed by atoms with van der Waals surface area (Å²) in [5, 5.41) is 6.79. The highest BCUT2D eigenvalue weighted by atomic mass is 32.2. The first kappa shape index (κ1) is 18.6. The Bertz CT molecular complexity index is 1130. The van der Waals surface area contributed by atoms with Crippen LogP contribution in [0.25, 0.3) is 11.3 Å². The van der Waals surface area contributed by atoms with Crippen LogP contribution in [-0.4, -0.2) is 36.9 Å². The summed E-state index contributed by atoms with van der Waals surface area (Å²) in [5.74, 6) is 0. The van der Waals surface area contributed by atoms with E-state index in [1.165, 1.54) is 21.9 Å². The lowest BCUT2D eigenvalue weighted by atomic mass is 10.1. The molecule has 1 aliphatic heterocycles. The van der Waals surface area contributed by atoms with E-state index >= 15 is 0 Å². The van der Waals surface area contributed by atoms with E-state index in [2.05, 4.69) is 20.5 Å². The number of hydrogen-bond acceptors (Lipinski definition) is 7. The third kappa shape index (κ3) is 3.76. The highest BCUT2D eigenvalue weighted by molar-refractivity contribution is 7.92. The third-order valence-electron chi connectivity index (χ3n) is 4.43. The number of aromatic nitrogens is 2. The van der Waals surface area contributed by atoms with Gasteiger partial charge in [-0.1, -0.05) is 12.1 Å². The van der Waals surface area contributed by atoms with E-state index in [1.807, 2.05) is 48.7 Å². The molecule has 0 unspecified atom stereocenters. The van der Waals surface area contributed by atoms with Gasteiger partial charge in [-0.15, -0.1) is 11.3 Å². The predicted octanol–water partition coefficient (Wildman–Crippen LogP) is 3.36. The molecule has 144 valence electrons. The van der Waals surface area contributed by atoms with E-state index in [9.17, 15) is 8.42 Å². The number of sulfonamides is 1.